The second-order valence-electron chi connectivity index (χ2n) is 9.17. The molecule has 0 spiro atoms. The van der Waals surface area contributed by atoms with E-state index in [9.17, 15) is 14.7 Å². The highest BCUT2D eigenvalue weighted by Crippen LogP contribution is 2.21. The van der Waals surface area contributed by atoms with Gasteiger partial charge in [0.15, 0.2) is 0 Å². The van der Waals surface area contributed by atoms with Crippen LogP contribution in [0.3, 0.4) is 0 Å². The Morgan fingerprint density at radius 2 is 1.00 bits per heavy atom. The van der Waals surface area contributed by atoms with Crippen molar-refractivity contribution in [2.45, 2.75) is 155 Å². The van der Waals surface area contributed by atoms with E-state index in [0.29, 0.717) is 12.8 Å². The van der Waals surface area contributed by atoms with Gasteiger partial charge in [-0.1, -0.05) is 117 Å². The van der Waals surface area contributed by atoms with Crippen molar-refractivity contribution in [2.24, 2.45) is 0 Å². The van der Waals surface area contributed by atoms with Crippen molar-refractivity contribution in [1.82, 2.24) is 0 Å². The molecule has 0 aromatic rings. The summed E-state index contributed by atoms with van der Waals surface area (Å²) in [5, 5.41) is 9.41. The van der Waals surface area contributed by atoms with Gasteiger partial charge in [-0.2, -0.15) is 0 Å². The van der Waals surface area contributed by atoms with Gasteiger partial charge in [-0.05, 0) is 26.2 Å². The summed E-state index contributed by atoms with van der Waals surface area (Å²) < 4.78 is 5.33. The summed E-state index contributed by atoms with van der Waals surface area (Å²) in [5.74, 6) is -1.41. The van der Waals surface area contributed by atoms with Gasteiger partial charge >= 0.3 is 11.9 Å². The van der Waals surface area contributed by atoms with Crippen molar-refractivity contribution in [3.05, 3.63) is 0 Å². The SMILES string of the molecule is CCCCCCCCCCCCCCCCCC(=O)OC(C)(CCCCC)C(=O)O. The maximum absolute atomic E-state index is 12.0. The summed E-state index contributed by atoms with van der Waals surface area (Å²) in [6.07, 6.45) is 22.7. The van der Waals surface area contributed by atoms with Crippen LogP contribution in [0.25, 0.3) is 0 Å². The minimum absolute atomic E-state index is 0.328. The van der Waals surface area contributed by atoms with Crippen LogP contribution in [0.2, 0.25) is 0 Å². The zero-order chi connectivity index (χ0) is 22.5. The number of carbonyl (C=O) groups excluding carboxylic acids is 1. The van der Waals surface area contributed by atoms with Gasteiger partial charge in [-0.15, -0.1) is 0 Å². The lowest BCUT2D eigenvalue weighted by molar-refractivity contribution is -0.177. The summed E-state index contributed by atoms with van der Waals surface area (Å²) in [4.78, 5) is 23.5. The lowest BCUT2D eigenvalue weighted by atomic mass is 9.98. The Kier molecular flexibility index (Phi) is 19.2. The minimum Gasteiger partial charge on any atom is -0.478 e. The normalized spacial score (nSPS) is 13.2. The lowest BCUT2D eigenvalue weighted by Crippen LogP contribution is -2.40. The third-order valence-corrected chi connectivity index (χ3v) is 6.03. The topological polar surface area (TPSA) is 63.6 Å². The number of ether oxygens (including phenoxy) is 1. The first kappa shape index (κ1) is 28.9. The van der Waals surface area contributed by atoms with Gasteiger partial charge < -0.3 is 9.84 Å². The molecule has 0 aromatic carbocycles. The molecule has 1 N–H and O–H groups in total. The summed E-state index contributed by atoms with van der Waals surface area (Å²) >= 11 is 0. The Morgan fingerprint density at radius 1 is 0.633 bits per heavy atom. The van der Waals surface area contributed by atoms with Crippen molar-refractivity contribution in [1.29, 1.82) is 0 Å². The molecule has 1 unspecified atom stereocenters. The standard InChI is InChI=1S/C26H50O4/c1-4-6-8-9-10-11-12-13-14-15-16-17-18-19-20-22-24(27)30-26(3,25(28)29)23-21-7-5-2/h4-23H2,1-3H3,(H,28,29). The summed E-state index contributed by atoms with van der Waals surface area (Å²) in [7, 11) is 0. The number of hydrogen-bond donors (Lipinski definition) is 1. The Balaban J connectivity index is 3.56. The van der Waals surface area contributed by atoms with E-state index < -0.39 is 11.6 Å². The van der Waals surface area contributed by atoms with Crippen LogP contribution in [0.1, 0.15) is 149 Å². The molecule has 30 heavy (non-hydrogen) atoms. The van der Waals surface area contributed by atoms with E-state index in [1.807, 2.05) is 0 Å². The van der Waals surface area contributed by atoms with Crippen molar-refractivity contribution < 1.29 is 19.4 Å². The number of carboxylic acids is 1. The first-order valence-electron chi connectivity index (χ1n) is 12.9. The maximum atomic E-state index is 12.0. The van der Waals surface area contributed by atoms with E-state index >= 15 is 0 Å². The highest BCUT2D eigenvalue weighted by atomic mass is 16.6. The Hall–Kier alpha value is -1.06. The highest BCUT2D eigenvalue weighted by molar-refractivity contribution is 5.81. The molecule has 0 saturated carbocycles. The average molecular weight is 427 g/mol. The molecule has 0 heterocycles. The smallest absolute Gasteiger partial charge is 0.347 e. The molecule has 0 fully saturated rings. The summed E-state index contributed by atoms with van der Waals surface area (Å²) in [5.41, 5.74) is -1.37. The van der Waals surface area contributed by atoms with Gasteiger partial charge in [0, 0.05) is 6.42 Å². The zero-order valence-electron chi connectivity index (χ0n) is 20.3. The van der Waals surface area contributed by atoms with Gasteiger partial charge in [0.05, 0.1) is 0 Å². The fourth-order valence-electron chi connectivity index (χ4n) is 3.86. The second kappa shape index (κ2) is 19.9. The van der Waals surface area contributed by atoms with Gasteiger partial charge in [0.25, 0.3) is 0 Å². The van der Waals surface area contributed by atoms with E-state index in [4.69, 9.17) is 4.74 Å². The van der Waals surface area contributed by atoms with E-state index in [-0.39, 0.29) is 5.97 Å². The molecule has 1 atom stereocenters. The van der Waals surface area contributed by atoms with Crippen LogP contribution in [-0.4, -0.2) is 22.6 Å². The molecule has 0 aliphatic heterocycles. The molecule has 0 amide bonds. The van der Waals surface area contributed by atoms with Crippen LogP contribution in [0.4, 0.5) is 0 Å². The van der Waals surface area contributed by atoms with Crippen molar-refractivity contribution in [2.75, 3.05) is 0 Å². The molecule has 0 saturated heterocycles. The van der Waals surface area contributed by atoms with Gasteiger partial charge in [0.2, 0.25) is 5.60 Å². The van der Waals surface area contributed by atoms with Gasteiger partial charge in [0.1, 0.15) is 0 Å². The molecule has 178 valence electrons. The first-order valence-corrected chi connectivity index (χ1v) is 12.9. The number of rotatable bonds is 22. The fraction of sp³-hybridized carbons (Fsp3) is 0.923. The number of carboxylic acid groups (broad SMARTS) is 1. The third kappa shape index (κ3) is 16.7. The fourth-order valence-corrected chi connectivity index (χ4v) is 3.86. The average Bonchev–Trinajstić information content (AvgIpc) is 2.71. The number of esters is 1. The van der Waals surface area contributed by atoms with Crippen LogP contribution in [0.15, 0.2) is 0 Å². The Morgan fingerprint density at radius 3 is 1.40 bits per heavy atom. The van der Waals surface area contributed by atoms with Crippen molar-refractivity contribution in [3.63, 3.8) is 0 Å². The highest BCUT2D eigenvalue weighted by Gasteiger charge is 2.36. The predicted molar refractivity (Wildman–Crippen MR) is 126 cm³/mol. The van der Waals surface area contributed by atoms with Crippen LogP contribution in [0.5, 0.6) is 0 Å². The van der Waals surface area contributed by atoms with Crippen LogP contribution in [-0.2, 0) is 14.3 Å². The van der Waals surface area contributed by atoms with Crippen molar-refractivity contribution in [3.8, 4) is 0 Å². The quantitative estimate of drug-likeness (QED) is 0.140. The second-order valence-corrected chi connectivity index (χ2v) is 9.17. The molecule has 0 radical (unpaired) electrons. The molecule has 4 nitrogen and oxygen atoms in total. The van der Waals surface area contributed by atoms with Crippen LogP contribution < -0.4 is 0 Å². The molecule has 0 aromatic heterocycles. The van der Waals surface area contributed by atoms with Crippen LogP contribution >= 0.6 is 0 Å². The Labute approximate surface area is 186 Å². The first-order chi connectivity index (χ1) is 14.5. The van der Waals surface area contributed by atoms with Gasteiger partial charge in [-0.3, -0.25) is 4.79 Å². The molecule has 0 aliphatic carbocycles. The molecule has 4 heteroatoms. The van der Waals surface area contributed by atoms with E-state index in [0.717, 1.165) is 38.5 Å². The number of aliphatic carboxylic acids is 1. The number of carbonyl (C=O) groups is 2. The minimum atomic E-state index is -1.37. The van der Waals surface area contributed by atoms with E-state index in [1.54, 1.807) is 0 Å². The summed E-state index contributed by atoms with van der Waals surface area (Å²) in [6.45, 7) is 5.86. The summed E-state index contributed by atoms with van der Waals surface area (Å²) in [6, 6.07) is 0. The monoisotopic (exact) mass is 426 g/mol. The largest absolute Gasteiger partial charge is 0.478 e. The Bertz CT molecular complexity index is 421. The molecular formula is C26H50O4. The molecule has 0 aliphatic rings. The van der Waals surface area contributed by atoms with Crippen molar-refractivity contribution >= 4 is 11.9 Å². The van der Waals surface area contributed by atoms with Crippen LogP contribution in [0, 0.1) is 0 Å². The molecule has 0 rings (SSSR count). The van der Waals surface area contributed by atoms with E-state index in [1.165, 1.54) is 84.0 Å². The third-order valence-electron chi connectivity index (χ3n) is 6.03. The lowest BCUT2D eigenvalue weighted by Gasteiger charge is -2.25. The maximum Gasteiger partial charge on any atom is 0.347 e. The predicted octanol–water partition coefficient (Wildman–Crippen LogP) is 8.21. The zero-order valence-corrected chi connectivity index (χ0v) is 20.3. The molecule has 0 bridgehead atoms. The number of unbranched alkanes of at least 4 members (excludes halogenated alkanes) is 16. The van der Waals surface area contributed by atoms with Gasteiger partial charge in [-0.25, -0.2) is 4.79 Å². The molecular weight excluding hydrogens is 376 g/mol. The van der Waals surface area contributed by atoms with E-state index in [2.05, 4.69) is 13.8 Å². The number of hydrogen-bond acceptors (Lipinski definition) is 3.